The molecule has 0 spiro atoms. The molecule has 0 radical (unpaired) electrons. The Morgan fingerprint density at radius 3 is 2.76 bits per heavy atom. The number of carbonyl (C=O) groups excluding carboxylic acids is 1. The van der Waals surface area contributed by atoms with Crippen LogP contribution in [0.1, 0.15) is 13.8 Å². The summed E-state index contributed by atoms with van der Waals surface area (Å²) in [6.07, 6.45) is 0. The first-order chi connectivity index (χ1) is 7.99. The minimum absolute atomic E-state index is 0.0495. The van der Waals surface area contributed by atoms with Crippen LogP contribution in [-0.4, -0.2) is 12.5 Å². The summed E-state index contributed by atoms with van der Waals surface area (Å²) in [6, 6.07) is 2.74. The maximum Gasteiger partial charge on any atom is 0.229 e. The van der Waals surface area contributed by atoms with Crippen LogP contribution in [-0.2, 0) is 4.79 Å². The second-order valence-corrected chi connectivity index (χ2v) is 4.94. The Kier molecular flexibility index (Phi) is 3.24. The van der Waals surface area contributed by atoms with Crippen molar-refractivity contribution < 1.29 is 9.18 Å². The van der Waals surface area contributed by atoms with Gasteiger partial charge >= 0.3 is 0 Å². The topological polar surface area (TPSA) is 41.1 Å². The van der Waals surface area contributed by atoms with Crippen molar-refractivity contribution in [2.24, 2.45) is 11.8 Å². The quantitative estimate of drug-likeness (QED) is 0.811. The minimum Gasteiger partial charge on any atom is -0.383 e. The Labute approximate surface area is 104 Å². The molecule has 1 heterocycles. The Bertz CT molecular complexity index is 462. The Hall–Kier alpha value is -1.29. The maximum absolute atomic E-state index is 13.3. The van der Waals surface area contributed by atoms with Crippen LogP contribution in [0.2, 0.25) is 5.02 Å². The van der Waals surface area contributed by atoms with E-state index < -0.39 is 5.82 Å². The molecule has 1 aromatic rings. The van der Waals surface area contributed by atoms with Gasteiger partial charge in [0.2, 0.25) is 5.91 Å². The second kappa shape index (κ2) is 4.53. The van der Waals surface area contributed by atoms with Gasteiger partial charge in [0.05, 0.1) is 22.3 Å². The summed E-state index contributed by atoms with van der Waals surface area (Å²) in [5.41, 5.74) is 1.10. The van der Waals surface area contributed by atoms with Crippen molar-refractivity contribution in [3.05, 3.63) is 23.0 Å². The highest BCUT2D eigenvalue weighted by Gasteiger charge is 2.26. The molecule has 0 saturated carbocycles. The predicted octanol–water partition coefficient (Wildman–Crippen LogP) is 3.12. The van der Waals surface area contributed by atoms with Gasteiger partial charge in [0.15, 0.2) is 0 Å². The first-order valence-electron chi connectivity index (χ1n) is 5.53. The van der Waals surface area contributed by atoms with Gasteiger partial charge in [-0.2, -0.15) is 0 Å². The molecule has 1 unspecified atom stereocenters. The van der Waals surface area contributed by atoms with Crippen LogP contribution in [0.5, 0.6) is 0 Å². The molecule has 1 aliphatic rings. The van der Waals surface area contributed by atoms with Crippen LogP contribution in [0.15, 0.2) is 12.1 Å². The summed E-state index contributed by atoms with van der Waals surface area (Å²) >= 11 is 5.71. The van der Waals surface area contributed by atoms with E-state index in [9.17, 15) is 9.18 Å². The summed E-state index contributed by atoms with van der Waals surface area (Å²) in [7, 11) is 0. The van der Waals surface area contributed by atoms with E-state index in [0.29, 0.717) is 17.9 Å². The Morgan fingerprint density at radius 1 is 1.41 bits per heavy atom. The largest absolute Gasteiger partial charge is 0.383 e. The highest BCUT2D eigenvalue weighted by Crippen LogP contribution is 2.31. The van der Waals surface area contributed by atoms with Crippen molar-refractivity contribution >= 4 is 28.9 Å². The normalized spacial score (nSPS) is 19.4. The standard InChI is InChI=1S/C12H14ClFN2O/c1-6(2)7-5-15-10-3-8(13)9(14)4-11(10)16-12(7)17/h3-4,6-7,15H,5H2,1-2H3,(H,16,17). The molecule has 1 aliphatic heterocycles. The zero-order chi connectivity index (χ0) is 12.6. The summed E-state index contributed by atoms with van der Waals surface area (Å²) < 4.78 is 13.3. The van der Waals surface area contributed by atoms with E-state index in [-0.39, 0.29) is 22.8 Å². The number of rotatable bonds is 1. The Balaban J connectivity index is 2.35. The summed E-state index contributed by atoms with van der Waals surface area (Å²) in [5, 5.41) is 5.89. The predicted molar refractivity (Wildman–Crippen MR) is 66.9 cm³/mol. The van der Waals surface area contributed by atoms with Crippen molar-refractivity contribution in [3.63, 3.8) is 0 Å². The number of hydrogen-bond donors (Lipinski definition) is 2. The molecule has 2 rings (SSSR count). The third kappa shape index (κ3) is 2.36. The van der Waals surface area contributed by atoms with Gasteiger partial charge < -0.3 is 10.6 Å². The molecule has 17 heavy (non-hydrogen) atoms. The zero-order valence-electron chi connectivity index (χ0n) is 9.68. The summed E-state index contributed by atoms with van der Waals surface area (Å²) in [5.74, 6) is -0.537. The van der Waals surface area contributed by atoms with Crippen molar-refractivity contribution in [3.8, 4) is 0 Å². The molecule has 1 amide bonds. The fraction of sp³-hybridized carbons (Fsp3) is 0.417. The molecular formula is C12H14ClFN2O. The first-order valence-corrected chi connectivity index (χ1v) is 5.90. The van der Waals surface area contributed by atoms with Crippen LogP contribution in [0.3, 0.4) is 0 Å². The summed E-state index contributed by atoms with van der Waals surface area (Å²) in [4.78, 5) is 11.9. The van der Waals surface area contributed by atoms with E-state index in [1.54, 1.807) is 0 Å². The number of hydrogen-bond acceptors (Lipinski definition) is 2. The zero-order valence-corrected chi connectivity index (χ0v) is 10.4. The lowest BCUT2D eigenvalue weighted by Gasteiger charge is -2.16. The fourth-order valence-electron chi connectivity index (χ4n) is 1.87. The molecule has 2 N–H and O–H groups in total. The van der Waals surface area contributed by atoms with Crippen LogP contribution in [0.4, 0.5) is 15.8 Å². The number of amides is 1. The smallest absolute Gasteiger partial charge is 0.229 e. The molecule has 1 aromatic carbocycles. The number of carbonyl (C=O) groups is 1. The number of halogens is 2. The molecule has 0 bridgehead atoms. The maximum atomic E-state index is 13.3. The average molecular weight is 257 g/mol. The van der Waals surface area contributed by atoms with E-state index in [1.165, 1.54) is 12.1 Å². The van der Waals surface area contributed by atoms with Gasteiger partial charge in [-0.15, -0.1) is 0 Å². The average Bonchev–Trinajstić information content (AvgIpc) is 2.38. The monoisotopic (exact) mass is 256 g/mol. The summed E-state index contributed by atoms with van der Waals surface area (Å²) in [6.45, 7) is 4.49. The van der Waals surface area contributed by atoms with E-state index in [1.807, 2.05) is 13.8 Å². The SMILES string of the molecule is CC(C)C1CNc2cc(Cl)c(F)cc2NC1=O. The first kappa shape index (κ1) is 12.2. The van der Waals surface area contributed by atoms with Gasteiger partial charge in [-0.25, -0.2) is 4.39 Å². The van der Waals surface area contributed by atoms with E-state index in [2.05, 4.69) is 10.6 Å². The fourth-order valence-corrected chi connectivity index (χ4v) is 2.04. The van der Waals surface area contributed by atoms with Gasteiger partial charge in [0, 0.05) is 12.6 Å². The van der Waals surface area contributed by atoms with Gasteiger partial charge in [-0.05, 0) is 12.0 Å². The lowest BCUT2D eigenvalue weighted by Crippen LogP contribution is -2.29. The molecule has 0 aromatic heterocycles. The van der Waals surface area contributed by atoms with Crippen LogP contribution in [0, 0.1) is 17.7 Å². The molecule has 0 aliphatic carbocycles. The number of anilines is 2. The molecule has 0 saturated heterocycles. The van der Waals surface area contributed by atoms with E-state index in [0.717, 1.165) is 0 Å². The lowest BCUT2D eigenvalue weighted by atomic mass is 9.95. The van der Waals surface area contributed by atoms with Crippen molar-refractivity contribution in [2.45, 2.75) is 13.8 Å². The molecule has 1 atom stereocenters. The van der Waals surface area contributed by atoms with Gasteiger partial charge in [-0.3, -0.25) is 4.79 Å². The highest BCUT2D eigenvalue weighted by atomic mass is 35.5. The van der Waals surface area contributed by atoms with Gasteiger partial charge in [-0.1, -0.05) is 25.4 Å². The van der Waals surface area contributed by atoms with Crippen LogP contribution < -0.4 is 10.6 Å². The number of fused-ring (bicyclic) bond motifs is 1. The van der Waals surface area contributed by atoms with Crippen molar-refractivity contribution in [1.29, 1.82) is 0 Å². The van der Waals surface area contributed by atoms with E-state index >= 15 is 0 Å². The number of nitrogens with one attached hydrogen (secondary N) is 2. The molecule has 5 heteroatoms. The third-order valence-electron chi connectivity index (χ3n) is 2.97. The van der Waals surface area contributed by atoms with E-state index in [4.69, 9.17) is 11.6 Å². The lowest BCUT2D eigenvalue weighted by molar-refractivity contribution is -0.120. The second-order valence-electron chi connectivity index (χ2n) is 4.53. The molecule has 3 nitrogen and oxygen atoms in total. The van der Waals surface area contributed by atoms with Crippen molar-refractivity contribution in [2.75, 3.05) is 17.2 Å². The third-order valence-corrected chi connectivity index (χ3v) is 3.26. The number of benzene rings is 1. The van der Waals surface area contributed by atoms with Gasteiger partial charge in [0.1, 0.15) is 5.82 Å². The van der Waals surface area contributed by atoms with Crippen molar-refractivity contribution in [1.82, 2.24) is 0 Å². The minimum atomic E-state index is -0.532. The molecule has 0 fully saturated rings. The van der Waals surface area contributed by atoms with Gasteiger partial charge in [0.25, 0.3) is 0 Å². The Morgan fingerprint density at radius 2 is 2.12 bits per heavy atom. The highest BCUT2D eigenvalue weighted by molar-refractivity contribution is 6.31. The molecule has 92 valence electrons. The molecular weight excluding hydrogens is 243 g/mol. The van der Waals surface area contributed by atoms with Crippen LogP contribution in [0.25, 0.3) is 0 Å². The van der Waals surface area contributed by atoms with Crippen LogP contribution >= 0.6 is 11.6 Å².